The minimum Gasteiger partial charge on any atom is -0.497 e. The van der Waals surface area contributed by atoms with E-state index in [1.165, 1.54) is 0 Å². The molecule has 5 nitrogen and oxygen atoms in total. The fraction of sp³-hybridized carbons (Fsp3) is 0.300. The van der Waals surface area contributed by atoms with Crippen molar-refractivity contribution < 1.29 is 14.3 Å². The third-order valence-corrected chi connectivity index (χ3v) is 5.05. The Bertz CT molecular complexity index is 767. The van der Waals surface area contributed by atoms with E-state index in [4.69, 9.17) is 4.74 Å². The van der Waals surface area contributed by atoms with E-state index in [2.05, 4.69) is 15.9 Å². The molecule has 1 heterocycles. The van der Waals surface area contributed by atoms with Gasteiger partial charge in [-0.2, -0.15) is 0 Å². The Hall–Kier alpha value is -2.34. The minimum absolute atomic E-state index is 0.00679. The van der Waals surface area contributed by atoms with Crippen LogP contribution in [0.5, 0.6) is 5.75 Å². The zero-order valence-electron chi connectivity index (χ0n) is 14.7. The molecule has 1 saturated heterocycles. The van der Waals surface area contributed by atoms with Crippen molar-refractivity contribution in [1.29, 1.82) is 0 Å². The number of rotatable bonds is 4. The number of amides is 2. The van der Waals surface area contributed by atoms with Crippen LogP contribution in [0, 0.1) is 0 Å². The van der Waals surface area contributed by atoms with E-state index in [-0.39, 0.29) is 11.8 Å². The molecule has 0 unspecified atom stereocenters. The zero-order valence-corrected chi connectivity index (χ0v) is 16.2. The van der Waals surface area contributed by atoms with Gasteiger partial charge in [-0.3, -0.25) is 9.59 Å². The van der Waals surface area contributed by atoms with Crippen molar-refractivity contribution in [2.24, 2.45) is 0 Å². The minimum atomic E-state index is -0.00679. The van der Waals surface area contributed by atoms with Crippen LogP contribution in [0.25, 0.3) is 0 Å². The van der Waals surface area contributed by atoms with Crippen LogP contribution in [0.1, 0.15) is 15.9 Å². The van der Waals surface area contributed by atoms with Gasteiger partial charge in [0.25, 0.3) is 5.91 Å². The third-order valence-electron chi connectivity index (χ3n) is 4.53. The number of ether oxygens (including phenoxy) is 1. The van der Waals surface area contributed by atoms with E-state index in [0.29, 0.717) is 38.2 Å². The first kappa shape index (κ1) is 18.5. The molecule has 2 aromatic carbocycles. The van der Waals surface area contributed by atoms with Gasteiger partial charge in [-0.25, -0.2) is 0 Å². The molecular weight excluding hydrogens is 396 g/mol. The topological polar surface area (TPSA) is 49.9 Å². The summed E-state index contributed by atoms with van der Waals surface area (Å²) in [6.07, 6.45) is 0.389. The second kappa shape index (κ2) is 8.36. The predicted octanol–water partition coefficient (Wildman–Crippen LogP) is 2.98. The molecule has 136 valence electrons. The molecule has 0 radical (unpaired) electrons. The van der Waals surface area contributed by atoms with E-state index in [1.807, 2.05) is 29.2 Å². The highest BCUT2D eigenvalue weighted by Crippen LogP contribution is 2.15. The van der Waals surface area contributed by atoms with Crippen LogP contribution in [0.2, 0.25) is 0 Å². The lowest BCUT2D eigenvalue weighted by Crippen LogP contribution is -2.51. The standard InChI is InChI=1S/C20H21BrN2O3/c1-26-18-8-4-16(5-9-18)20(25)23-12-10-22(11-13-23)19(24)14-15-2-6-17(21)7-3-15/h2-9H,10-14H2,1H3. The smallest absolute Gasteiger partial charge is 0.253 e. The van der Waals surface area contributed by atoms with Gasteiger partial charge in [0, 0.05) is 36.2 Å². The molecule has 1 aliphatic heterocycles. The maximum absolute atomic E-state index is 12.6. The number of halogens is 1. The van der Waals surface area contributed by atoms with Gasteiger partial charge in [0.2, 0.25) is 5.91 Å². The molecule has 0 N–H and O–H groups in total. The Morgan fingerprint density at radius 3 is 2.08 bits per heavy atom. The molecule has 1 fully saturated rings. The number of carbonyl (C=O) groups excluding carboxylic acids is 2. The molecule has 1 aliphatic rings. The van der Waals surface area contributed by atoms with Crippen LogP contribution in [0.15, 0.2) is 53.0 Å². The molecule has 6 heteroatoms. The number of hydrogen-bond acceptors (Lipinski definition) is 3. The van der Waals surface area contributed by atoms with E-state index in [9.17, 15) is 9.59 Å². The van der Waals surface area contributed by atoms with Gasteiger partial charge < -0.3 is 14.5 Å². The molecule has 0 atom stereocenters. The quantitative estimate of drug-likeness (QED) is 0.769. The van der Waals surface area contributed by atoms with Gasteiger partial charge in [0.1, 0.15) is 5.75 Å². The summed E-state index contributed by atoms with van der Waals surface area (Å²) in [5, 5.41) is 0. The van der Waals surface area contributed by atoms with Gasteiger partial charge in [-0.1, -0.05) is 28.1 Å². The number of nitrogens with zero attached hydrogens (tertiary/aromatic N) is 2. The molecule has 0 saturated carbocycles. The monoisotopic (exact) mass is 416 g/mol. The Morgan fingerprint density at radius 2 is 1.50 bits per heavy atom. The average molecular weight is 417 g/mol. The summed E-state index contributed by atoms with van der Waals surface area (Å²) in [5.41, 5.74) is 1.63. The van der Waals surface area contributed by atoms with Crippen LogP contribution in [-0.4, -0.2) is 54.9 Å². The molecule has 0 spiro atoms. The second-order valence-corrected chi connectivity index (χ2v) is 7.12. The maximum Gasteiger partial charge on any atom is 0.253 e. The maximum atomic E-state index is 12.6. The second-order valence-electron chi connectivity index (χ2n) is 6.20. The number of hydrogen-bond donors (Lipinski definition) is 0. The lowest BCUT2D eigenvalue weighted by atomic mass is 10.1. The van der Waals surface area contributed by atoms with E-state index in [1.54, 1.807) is 36.3 Å². The number of piperazine rings is 1. The van der Waals surface area contributed by atoms with Crippen molar-refractivity contribution >= 4 is 27.7 Å². The van der Waals surface area contributed by atoms with Crippen LogP contribution < -0.4 is 4.74 Å². The summed E-state index contributed by atoms with van der Waals surface area (Å²) < 4.78 is 6.12. The molecule has 26 heavy (non-hydrogen) atoms. The van der Waals surface area contributed by atoms with Crippen molar-refractivity contribution in [3.05, 3.63) is 64.1 Å². The van der Waals surface area contributed by atoms with Crippen LogP contribution in [0.3, 0.4) is 0 Å². The Balaban J connectivity index is 1.53. The third kappa shape index (κ3) is 4.43. The van der Waals surface area contributed by atoms with E-state index in [0.717, 1.165) is 15.8 Å². The summed E-state index contributed by atoms with van der Waals surface area (Å²) in [6.45, 7) is 2.24. The van der Waals surface area contributed by atoms with Crippen molar-refractivity contribution in [3.8, 4) is 5.75 Å². The van der Waals surface area contributed by atoms with Crippen molar-refractivity contribution in [2.75, 3.05) is 33.3 Å². The van der Waals surface area contributed by atoms with E-state index >= 15 is 0 Å². The highest BCUT2D eigenvalue weighted by molar-refractivity contribution is 9.10. The highest BCUT2D eigenvalue weighted by atomic mass is 79.9. The molecule has 3 rings (SSSR count). The van der Waals surface area contributed by atoms with Gasteiger partial charge in [0.15, 0.2) is 0 Å². The molecule has 2 amide bonds. The summed E-state index contributed by atoms with van der Waals surface area (Å²) in [5.74, 6) is 0.821. The first-order chi connectivity index (χ1) is 12.6. The van der Waals surface area contributed by atoms with Gasteiger partial charge in [-0.15, -0.1) is 0 Å². The molecule has 0 aromatic heterocycles. The Kier molecular flexibility index (Phi) is 5.93. The van der Waals surface area contributed by atoms with Crippen LogP contribution in [0.4, 0.5) is 0 Å². The summed E-state index contributed by atoms with van der Waals surface area (Å²) in [6, 6.07) is 14.9. The van der Waals surface area contributed by atoms with Gasteiger partial charge in [-0.05, 0) is 42.0 Å². The molecule has 0 aliphatic carbocycles. The van der Waals surface area contributed by atoms with Crippen molar-refractivity contribution in [3.63, 3.8) is 0 Å². The fourth-order valence-electron chi connectivity index (χ4n) is 2.96. The predicted molar refractivity (Wildman–Crippen MR) is 103 cm³/mol. The van der Waals surface area contributed by atoms with Crippen molar-refractivity contribution in [1.82, 2.24) is 9.80 Å². The first-order valence-electron chi connectivity index (χ1n) is 8.52. The number of carbonyl (C=O) groups is 2. The van der Waals surface area contributed by atoms with E-state index < -0.39 is 0 Å². The largest absolute Gasteiger partial charge is 0.497 e. The number of methoxy groups -OCH3 is 1. The van der Waals surface area contributed by atoms with Crippen LogP contribution in [-0.2, 0) is 11.2 Å². The first-order valence-corrected chi connectivity index (χ1v) is 9.31. The van der Waals surface area contributed by atoms with Crippen LogP contribution >= 0.6 is 15.9 Å². The average Bonchev–Trinajstić information content (AvgIpc) is 2.69. The summed E-state index contributed by atoms with van der Waals surface area (Å²) in [7, 11) is 1.60. The van der Waals surface area contributed by atoms with Gasteiger partial charge in [0.05, 0.1) is 13.5 Å². The SMILES string of the molecule is COc1ccc(C(=O)N2CCN(C(=O)Cc3ccc(Br)cc3)CC2)cc1. The summed E-state index contributed by atoms with van der Waals surface area (Å²) in [4.78, 5) is 28.7. The zero-order chi connectivity index (χ0) is 18.5. The van der Waals surface area contributed by atoms with Crippen molar-refractivity contribution in [2.45, 2.75) is 6.42 Å². The van der Waals surface area contributed by atoms with Gasteiger partial charge >= 0.3 is 0 Å². The lowest BCUT2D eigenvalue weighted by Gasteiger charge is -2.35. The lowest BCUT2D eigenvalue weighted by molar-refractivity contribution is -0.131. The molecule has 2 aromatic rings. The number of benzene rings is 2. The normalized spacial score (nSPS) is 14.2. The highest BCUT2D eigenvalue weighted by Gasteiger charge is 2.24. The fourth-order valence-corrected chi connectivity index (χ4v) is 3.23. The Morgan fingerprint density at radius 1 is 0.923 bits per heavy atom. The molecular formula is C20H21BrN2O3. The summed E-state index contributed by atoms with van der Waals surface area (Å²) >= 11 is 3.40. The Labute approximate surface area is 161 Å². The molecule has 0 bridgehead atoms.